The number of hydrogen-bond donors (Lipinski definition) is 2. The van der Waals surface area contributed by atoms with Gasteiger partial charge in [-0.3, -0.25) is 4.40 Å². The Balaban J connectivity index is 1.69. The van der Waals surface area contributed by atoms with E-state index in [4.69, 9.17) is 10.7 Å². The predicted octanol–water partition coefficient (Wildman–Crippen LogP) is 3.60. The number of anilines is 1. The second kappa shape index (κ2) is 5.85. The predicted molar refractivity (Wildman–Crippen MR) is 102 cm³/mol. The van der Waals surface area contributed by atoms with Crippen LogP contribution in [0.3, 0.4) is 0 Å². The topological polar surface area (TPSA) is 68.2 Å². The van der Waals surface area contributed by atoms with Crippen molar-refractivity contribution in [3.63, 3.8) is 0 Å². The minimum absolute atomic E-state index is 0.0928. The van der Waals surface area contributed by atoms with Gasteiger partial charge in [0.25, 0.3) is 0 Å². The lowest BCUT2D eigenvalue weighted by Gasteiger charge is -2.33. The first-order valence-corrected chi connectivity index (χ1v) is 8.87. The van der Waals surface area contributed by atoms with Crippen molar-refractivity contribution in [2.24, 2.45) is 5.73 Å². The molecule has 3 aromatic rings. The largest absolute Gasteiger partial charge is 0.367 e. The summed E-state index contributed by atoms with van der Waals surface area (Å²) in [4.78, 5) is 9.32. The molecule has 0 aromatic carbocycles. The number of nitrogens with one attached hydrogen (secondary N) is 1. The third-order valence-electron chi connectivity index (χ3n) is 4.91. The van der Waals surface area contributed by atoms with Crippen LogP contribution in [0.5, 0.6) is 0 Å². The van der Waals surface area contributed by atoms with E-state index in [0.717, 1.165) is 35.7 Å². The molecule has 0 aliphatic heterocycles. The van der Waals surface area contributed by atoms with Crippen molar-refractivity contribution in [3.05, 3.63) is 48.3 Å². The van der Waals surface area contributed by atoms with E-state index in [1.54, 1.807) is 0 Å². The molecule has 5 heteroatoms. The van der Waals surface area contributed by atoms with Crippen molar-refractivity contribution in [2.45, 2.75) is 51.1 Å². The van der Waals surface area contributed by atoms with E-state index in [0.29, 0.717) is 12.1 Å². The zero-order valence-corrected chi connectivity index (χ0v) is 15.0. The summed E-state index contributed by atoms with van der Waals surface area (Å²) >= 11 is 0. The number of imidazole rings is 1. The van der Waals surface area contributed by atoms with E-state index in [1.165, 1.54) is 5.56 Å². The Hall–Kier alpha value is -2.40. The summed E-state index contributed by atoms with van der Waals surface area (Å²) in [6.45, 7) is 6.66. The number of pyridine rings is 2. The lowest BCUT2D eigenvalue weighted by molar-refractivity contribution is 0.373. The molecule has 0 amide bonds. The number of aromatic nitrogens is 3. The fraction of sp³-hybridized carbons (Fsp3) is 0.400. The summed E-state index contributed by atoms with van der Waals surface area (Å²) in [5, 5.41) is 3.47. The first kappa shape index (κ1) is 16.1. The molecule has 3 aromatic heterocycles. The minimum Gasteiger partial charge on any atom is -0.367 e. The van der Waals surface area contributed by atoms with Crippen LogP contribution in [0.15, 0.2) is 42.7 Å². The molecule has 0 spiro atoms. The summed E-state index contributed by atoms with van der Waals surface area (Å²) < 4.78 is 2.13. The van der Waals surface area contributed by atoms with Gasteiger partial charge in [0, 0.05) is 18.3 Å². The molecule has 130 valence electrons. The number of nitrogens with two attached hydrogens (primary N) is 1. The smallest absolute Gasteiger partial charge is 0.137 e. The standard InChI is InChI=1S/C20H25N5/c1-20(2,3)13-7-8-19-22-11-17(25(19)12-13)16-5-4-6-18(24-16)23-15-9-14(21)10-15/h4-8,11-12,14-15H,9-10,21H2,1-3H3,(H,23,24). The summed E-state index contributed by atoms with van der Waals surface area (Å²) in [7, 11) is 0. The van der Waals surface area contributed by atoms with Gasteiger partial charge in [-0.2, -0.15) is 0 Å². The van der Waals surface area contributed by atoms with Crippen LogP contribution in [0.2, 0.25) is 0 Å². The SMILES string of the molecule is CC(C)(C)c1ccc2ncc(-c3cccc(NC4CC(N)C4)n3)n2c1. The molecule has 5 nitrogen and oxygen atoms in total. The van der Waals surface area contributed by atoms with Gasteiger partial charge >= 0.3 is 0 Å². The maximum Gasteiger partial charge on any atom is 0.137 e. The van der Waals surface area contributed by atoms with Crippen LogP contribution in [0.1, 0.15) is 39.2 Å². The molecular weight excluding hydrogens is 310 g/mol. The Bertz CT molecular complexity index is 900. The van der Waals surface area contributed by atoms with Crippen LogP contribution in [0.25, 0.3) is 17.0 Å². The van der Waals surface area contributed by atoms with Gasteiger partial charge in [0.2, 0.25) is 0 Å². The molecule has 0 radical (unpaired) electrons. The molecule has 4 rings (SSSR count). The lowest BCUT2D eigenvalue weighted by atomic mass is 9.88. The van der Waals surface area contributed by atoms with Crippen LogP contribution < -0.4 is 11.1 Å². The van der Waals surface area contributed by atoms with Crippen LogP contribution in [0, 0.1) is 0 Å². The number of rotatable bonds is 3. The molecule has 0 saturated heterocycles. The van der Waals surface area contributed by atoms with E-state index in [1.807, 2.05) is 24.4 Å². The highest BCUT2D eigenvalue weighted by Crippen LogP contribution is 2.27. The molecular formula is C20H25N5. The number of nitrogens with zero attached hydrogens (tertiary/aromatic N) is 3. The van der Waals surface area contributed by atoms with Crippen molar-refractivity contribution in [1.29, 1.82) is 0 Å². The molecule has 3 heterocycles. The first-order chi connectivity index (χ1) is 11.9. The van der Waals surface area contributed by atoms with Gasteiger partial charge in [-0.05, 0) is 42.0 Å². The average Bonchev–Trinajstić information content (AvgIpc) is 2.96. The van der Waals surface area contributed by atoms with Gasteiger partial charge in [0.1, 0.15) is 11.5 Å². The van der Waals surface area contributed by atoms with Crippen LogP contribution >= 0.6 is 0 Å². The summed E-state index contributed by atoms with van der Waals surface area (Å²) in [5.74, 6) is 0.899. The summed E-state index contributed by atoms with van der Waals surface area (Å²) in [6.07, 6.45) is 6.09. The van der Waals surface area contributed by atoms with Crippen molar-refractivity contribution >= 4 is 11.5 Å². The Kier molecular flexibility index (Phi) is 3.76. The monoisotopic (exact) mass is 335 g/mol. The van der Waals surface area contributed by atoms with E-state index >= 15 is 0 Å². The molecule has 0 bridgehead atoms. The zero-order valence-electron chi connectivity index (χ0n) is 15.0. The van der Waals surface area contributed by atoms with E-state index in [9.17, 15) is 0 Å². The van der Waals surface area contributed by atoms with Crippen molar-refractivity contribution in [1.82, 2.24) is 14.4 Å². The van der Waals surface area contributed by atoms with E-state index in [2.05, 4.69) is 53.8 Å². The van der Waals surface area contributed by atoms with Gasteiger partial charge in [0.05, 0.1) is 17.6 Å². The molecule has 1 fully saturated rings. The number of fused-ring (bicyclic) bond motifs is 1. The highest BCUT2D eigenvalue weighted by Gasteiger charge is 2.26. The molecule has 3 N–H and O–H groups in total. The molecule has 0 atom stereocenters. The Morgan fingerprint density at radius 3 is 2.68 bits per heavy atom. The lowest BCUT2D eigenvalue weighted by Crippen LogP contribution is -2.44. The van der Waals surface area contributed by atoms with Crippen molar-refractivity contribution in [2.75, 3.05) is 5.32 Å². The summed E-state index contributed by atoms with van der Waals surface area (Å²) in [5.41, 5.74) is 10.1. The van der Waals surface area contributed by atoms with Crippen LogP contribution in [-0.4, -0.2) is 26.5 Å². The Morgan fingerprint density at radius 2 is 1.96 bits per heavy atom. The van der Waals surface area contributed by atoms with Gasteiger partial charge < -0.3 is 11.1 Å². The average molecular weight is 335 g/mol. The molecule has 0 unspecified atom stereocenters. The first-order valence-electron chi connectivity index (χ1n) is 8.87. The fourth-order valence-electron chi connectivity index (χ4n) is 3.26. The van der Waals surface area contributed by atoms with Crippen molar-refractivity contribution in [3.8, 4) is 11.4 Å². The van der Waals surface area contributed by atoms with E-state index < -0.39 is 0 Å². The second-order valence-corrected chi connectivity index (χ2v) is 8.02. The molecule has 25 heavy (non-hydrogen) atoms. The van der Waals surface area contributed by atoms with Gasteiger partial charge in [-0.25, -0.2) is 9.97 Å². The highest BCUT2D eigenvalue weighted by molar-refractivity contribution is 5.62. The number of hydrogen-bond acceptors (Lipinski definition) is 4. The molecule has 1 saturated carbocycles. The second-order valence-electron chi connectivity index (χ2n) is 8.02. The van der Waals surface area contributed by atoms with Crippen LogP contribution in [-0.2, 0) is 5.41 Å². The highest BCUT2D eigenvalue weighted by atomic mass is 15.1. The Labute approximate surface area is 148 Å². The fourth-order valence-corrected chi connectivity index (χ4v) is 3.26. The summed E-state index contributed by atoms with van der Waals surface area (Å²) in [6, 6.07) is 11.1. The third-order valence-corrected chi connectivity index (χ3v) is 4.91. The van der Waals surface area contributed by atoms with Gasteiger partial charge in [-0.1, -0.05) is 32.9 Å². The van der Waals surface area contributed by atoms with E-state index in [-0.39, 0.29) is 5.41 Å². The van der Waals surface area contributed by atoms with Crippen LogP contribution in [0.4, 0.5) is 5.82 Å². The third kappa shape index (κ3) is 3.12. The normalized spacial score (nSPS) is 20.5. The maximum atomic E-state index is 5.87. The zero-order chi connectivity index (χ0) is 17.6. The quantitative estimate of drug-likeness (QED) is 0.767. The van der Waals surface area contributed by atoms with Gasteiger partial charge in [-0.15, -0.1) is 0 Å². The minimum atomic E-state index is 0.0928. The Morgan fingerprint density at radius 1 is 1.16 bits per heavy atom. The van der Waals surface area contributed by atoms with Gasteiger partial charge in [0.15, 0.2) is 0 Å². The molecule has 1 aliphatic carbocycles. The maximum absolute atomic E-state index is 5.87. The van der Waals surface area contributed by atoms with Crippen molar-refractivity contribution < 1.29 is 0 Å². The molecule has 1 aliphatic rings.